The third-order valence-electron chi connectivity index (χ3n) is 4.11. The monoisotopic (exact) mass is 362 g/mol. The lowest BCUT2D eigenvalue weighted by atomic mass is 9.97. The minimum Gasteiger partial charge on any atom is -0.0683 e. The molecule has 0 aromatic heterocycles. The summed E-state index contributed by atoms with van der Waals surface area (Å²) in [5.74, 6) is 0. The molecule has 0 amide bonds. The standard InChI is InChI=1S/C21H20.3C2H6/c1-15-4-7-18(8-5-15)19-10-12-20(13-11-19)21-9-6-16(2)17(3)14-21;3*1-2/h4-14H,1-3H3;3*1-2H3. The Bertz CT molecular complexity index is 747. The number of aryl methyl sites for hydroxylation is 3. The van der Waals surface area contributed by atoms with Crippen molar-refractivity contribution in [3.8, 4) is 22.3 Å². The van der Waals surface area contributed by atoms with E-state index in [0.29, 0.717) is 0 Å². The fraction of sp³-hybridized carbons (Fsp3) is 0.333. The number of rotatable bonds is 2. The lowest BCUT2D eigenvalue weighted by molar-refractivity contribution is 1.34. The van der Waals surface area contributed by atoms with Gasteiger partial charge in [0.05, 0.1) is 0 Å². The Kier molecular flexibility index (Phi) is 12.6. The van der Waals surface area contributed by atoms with Crippen molar-refractivity contribution in [2.24, 2.45) is 0 Å². The lowest BCUT2D eigenvalue weighted by Gasteiger charge is -2.07. The summed E-state index contributed by atoms with van der Waals surface area (Å²) in [4.78, 5) is 0. The largest absolute Gasteiger partial charge is 0.0683 e. The fourth-order valence-corrected chi connectivity index (χ4v) is 2.52. The third kappa shape index (κ3) is 7.43. The molecule has 27 heavy (non-hydrogen) atoms. The number of hydrogen-bond acceptors (Lipinski definition) is 0. The van der Waals surface area contributed by atoms with Gasteiger partial charge in [0, 0.05) is 0 Å². The van der Waals surface area contributed by atoms with E-state index in [2.05, 4.69) is 87.5 Å². The molecule has 0 heterocycles. The zero-order valence-electron chi connectivity index (χ0n) is 18.9. The summed E-state index contributed by atoms with van der Waals surface area (Å²) in [5, 5.41) is 0. The second-order valence-corrected chi connectivity index (χ2v) is 5.74. The highest BCUT2D eigenvalue weighted by atomic mass is 14.1. The molecule has 0 saturated carbocycles. The van der Waals surface area contributed by atoms with E-state index < -0.39 is 0 Å². The predicted molar refractivity (Wildman–Crippen MR) is 126 cm³/mol. The minimum atomic E-state index is 1.27. The first-order chi connectivity index (χ1) is 13.1. The SMILES string of the molecule is CC.CC.CC.Cc1ccc(-c2ccc(-c3ccc(C)c(C)c3)cc2)cc1. The van der Waals surface area contributed by atoms with Gasteiger partial charge in [-0.05, 0) is 54.2 Å². The lowest BCUT2D eigenvalue weighted by Crippen LogP contribution is -1.84. The Morgan fingerprint density at radius 2 is 0.704 bits per heavy atom. The topological polar surface area (TPSA) is 0 Å². The van der Waals surface area contributed by atoms with Gasteiger partial charge in [-0.3, -0.25) is 0 Å². The van der Waals surface area contributed by atoms with Gasteiger partial charge in [-0.15, -0.1) is 0 Å². The van der Waals surface area contributed by atoms with E-state index in [-0.39, 0.29) is 0 Å². The van der Waals surface area contributed by atoms with Gasteiger partial charge >= 0.3 is 0 Å². The van der Waals surface area contributed by atoms with Gasteiger partial charge in [0.15, 0.2) is 0 Å². The highest BCUT2D eigenvalue weighted by molar-refractivity contribution is 5.71. The van der Waals surface area contributed by atoms with Gasteiger partial charge in [-0.1, -0.05) is 114 Å². The van der Waals surface area contributed by atoms with Crippen LogP contribution in [0.15, 0.2) is 66.7 Å². The third-order valence-corrected chi connectivity index (χ3v) is 4.11. The highest BCUT2D eigenvalue weighted by Gasteiger charge is 2.02. The molecule has 0 spiro atoms. The molecular formula is C27H38. The van der Waals surface area contributed by atoms with Crippen LogP contribution < -0.4 is 0 Å². The first kappa shape index (κ1) is 24.7. The quantitative estimate of drug-likeness (QED) is 0.426. The van der Waals surface area contributed by atoms with Gasteiger partial charge in [0.25, 0.3) is 0 Å². The average Bonchev–Trinajstić information content (AvgIpc) is 2.75. The molecule has 0 N–H and O–H groups in total. The molecule has 3 aromatic carbocycles. The molecule has 3 aromatic rings. The molecule has 0 aliphatic rings. The Hall–Kier alpha value is -2.34. The van der Waals surface area contributed by atoms with Gasteiger partial charge in [0.1, 0.15) is 0 Å². The summed E-state index contributed by atoms with van der Waals surface area (Å²) >= 11 is 0. The van der Waals surface area contributed by atoms with Crippen LogP contribution in [0.1, 0.15) is 58.2 Å². The van der Waals surface area contributed by atoms with Crippen molar-refractivity contribution < 1.29 is 0 Å². The minimum absolute atomic E-state index is 1.27. The van der Waals surface area contributed by atoms with Crippen molar-refractivity contribution in [2.45, 2.75) is 62.3 Å². The molecule has 0 radical (unpaired) electrons. The number of benzene rings is 3. The summed E-state index contributed by atoms with van der Waals surface area (Å²) in [5.41, 5.74) is 9.08. The van der Waals surface area contributed by atoms with Crippen molar-refractivity contribution in [3.05, 3.63) is 83.4 Å². The highest BCUT2D eigenvalue weighted by Crippen LogP contribution is 2.26. The second-order valence-electron chi connectivity index (χ2n) is 5.74. The van der Waals surface area contributed by atoms with E-state index in [1.807, 2.05) is 41.5 Å². The van der Waals surface area contributed by atoms with Gasteiger partial charge in [0.2, 0.25) is 0 Å². The van der Waals surface area contributed by atoms with Crippen molar-refractivity contribution in [1.29, 1.82) is 0 Å². The van der Waals surface area contributed by atoms with Crippen LogP contribution in [0.3, 0.4) is 0 Å². The molecule has 0 saturated heterocycles. The van der Waals surface area contributed by atoms with Crippen molar-refractivity contribution in [1.82, 2.24) is 0 Å². The molecule has 0 heteroatoms. The molecule has 3 rings (SSSR count). The van der Waals surface area contributed by atoms with Crippen LogP contribution in [-0.2, 0) is 0 Å². The molecule has 0 unspecified atom stereocenters. The van der Waals surface area contributed by atoms with Gasteiger partial charge < -0.3 is 0 Å². The predicted octanol–water partition coefficient (Wildman–Crippen LogP) is 9.02. The number of hydrogen-bond donors (Lipinski definition) is 0. The van der Waals surface area contributed by atoms with Crippen LogP contribution in [-0.4, -0.2) is 0 Å². The second kappa shape index (κ2) is 13.8. The van der Waals surface area contributed by atoms with Gasteiger partial charge in [-0.2, -0.15) is 0 Å². The van der Waals surface area contributed by atoms with Crippen molar-refractivity contribution in [3.63, 3.8) is 0 Å². The summed E-state index contributed by atoms with van der Waals surface area (Å²) in [6.45, 7) is 18.4. The summed E-state index contributed by atoms with van der Waals surface area (Å²) in [6, 6.07) is 24.2. The van der Waals surface area contributed by atoms with Crippen LogP contribution in [0.2, 0.25) is 0 Å². The van der Waals surface area contributed by atoms with Crippen LogP contribution in [0, 0.1) is 20.8 Å². The Morgan fingerprint density at radius 3 is 1.11 bits per heavy atom. The molecule has 146 valence electrons. The van der Waals surface area contributed by atoms with E-state index >= 15 is 0 Å². The first-order valence-corrected chi connectivity index (χ1v) is 10.4. The smallest absolute Gasteiger partial charge is 0.0181 e. The van der Waals surface area contributed by atoms with Crippen LogP contribution >= 0.6 is 0 Å². The Balaban J connectivity index is 0.00000103. The summed E-state index contributed by atoms with van der Waals surface area (Å²) in [6.07, 6.45) is 0. The van der Waals surface area contributed by atoms with E-state index in [1.54, 1.807) is 0 Å². The van der Waals surface area contributed by atoms with E-state index in [0.717, 1.165) is 0 Å². The van der Waals surface area contributed by atoms with Crippen LogP contribution in [0.4, 0.5) is 0 Å². The fourth-order valence-electron chi connectivity index (χ4n) is 2.52. The molecule has 0 bridgehead atoms. The van der Waals surface area contributed by atoms with Crippen molar-refractivity contribution >= 4 is 0 Å². The molecule has 0 fully saturated rings. The molecule has 0 aliphatic carbocycles. The molecule has 0 aliphatic heterocycles. The maximum atomic E-state index is 2.26. The summed E-state index contributed by atoms with van der Waals surface area (Å²) in [7, 11) is 0. The Morgan fingerprint density at radius 1 is 0.370 bits per heavy atom. The zero-order valence-corrected chi connectivity index (χ0v) is 18.9. The van der Waals surface area contributed by atoms with Crippen molar-refractivity contribution in [2.75, 3.05) is 0 Å². The molecule has 0 nitrogen and oxygen atoms in total. The normalized spacial score (nSPS) is 8.93. The molecular weight excluding hydrogens is 324 g/mol. The molecule has 0 atom stereocenters. The zero-order chi connectivity index (χ0) is 20.8. The first-order valence-electron chi connectivity index (χ1n) is 10.4. The van der Waals surface area contributed by atoms with Crippen LogP contribution in [0.25, 0.3) is 22.3 Å². The van der Waals surface area contributed by atoms with E-state index in [9.17, 15) is 0 Å². The van der Waals surface area contributed by atoms with E-state index in [1.165, 1.54) is 38.9 Å². The van der Waals surface area contributed by atoms with Gasteiger partial charge in [-0.25, -0.2) is 0 Å². The van der Waals surface area contributed by atoms with Crippen LogP contribution in [0.5, 0.6) is 0 Å². The Labute approximate surface area is 168 Å². The maximum absolute atomic E-state index is 2.26. The maximum Gasteiger partial charge on any atom is -0.0181 e. The summed E-state index contributed by atoms with van der Waals surface area (Å²) < 4.78 is 0. The van der Waals surface area contributed by atoms with E-state index in [4.69, 9.17) is 0 Å². The average molecular weight is 363 g/mol.